The van der Waals surface area contributed by atoms with Gasteiger partial charge in [-0.15, -0.1) is 0 Å². The first-order valence-corrected chi connectivity index (χ1v) is 7.50. The van der Waals surface area contributed by atoms with Crippen LogP contribution in [0.1, 0.15) is 18.4 Å². The van der Waals surface area contributed by atoms with Crippen molar-refractivity contribution in [1.82, 2.24) is 4.90 Å². The Morgan fingerprint density at radius 3 is 2.67 bits per heavy atom. The number of carbonyl (C=O) groups is 1. The first-order valence-electron chi connectivity index (χ1n) is 7.50. The fraction of sp³-hybridized carbons (Fsp3) is 0.312. The maximum absolute atomic E-state index is 11.7. The van der Waals surface area contributed by atoms with Crippen LogP contribution in [0.5, 0.6) is 0 Å². The van der Waals surface area contributed by atoms with Crippen molar-refractivity contribution >= 4 is 11.5 Å². The largest absolute Gasteiger partial charge is 0.312 e. The zero-order chi connectivity index (χ0) is 17.3. The quantitative estimate of drug-likeness (QED) is 0.619. The van der Waals surface area contributed by atoms with Crippen LogP contribution in [0.4, 0.5) is 5.69 Å². The third-order valence-corrected chi connectivity index (χ3v) is 4.27. The van der Waals surface area contributed by atoms with Crippen LogP contribution in [0.3, 0.4) is 0 Å². The van der Waals surface area contributed by atoms with E-state index in [1.807, 2.05) is 6.07 Å². The number of nitrogens with zero attached hydrogens (tertiary/aromatic N) is 3. The van der Waals surface area contributed by atoms with Crippen molar-refractivity contribution < 1.29 is 14.6 Å². The standard InChI is InChI=1S/C16H15N3O5/c20-16-8-12-4-5-17(10-13(12)7-15(16)19(23)24)9-11-2-1-3-14(6-11)18(21)22/h1-3,6-7H,4-5,8-10H2. The van der Waals surface area contributed by atoms with E-state index in [9.17, 15) is 25.0 Å². The molecule has 0 aromatic heterocycles. The molecule has 0 atom stereocenters. The highest BCUT2D eigenvalue weighted by molar-refractivity contribution is 5.96. The second kappa shape index (κ2) is 6.32. The predicted octanol–water partition coefficient (Wildman–Crippen LogP) is 2.23. The summed E-state index contributed by atoms with van der Waals surface area (Å²) in [6, 6.07) is 6.44. The summed E-state index contributed by atoms with van der Waals surface area (Å²) >= 11 is 0. The first kappa shape index (κ1) is 16.0. The van der Waals surface area contributed by atoms with Crippen molar-refractivity contribution in [3.8, 4) is 0 Å². The van der Waals surface area contributed by atoms with Crippen LogP contribution in [0.2, 0.25) is 0 Å². The monoisotopic (exact) mass is 329 g/mol. The molecule has 2 aliphatic rings. The molecule has 0 radical (unpaired) electrons. The first-order chi connectivity index (χ1) is 11.4. The Morgan fingerprint density at radius 1 is 1.17 bits per heavy atom. The van der Waals surface area contributed by atoms with Crippen LogP contribution in [-0.4, -0.2) is 33.6 Å². The second-order valence-corrected chi connectivity index (χ2v) is 5.90. The average Bonchev–Trinajstić information content (AvgIpc) is 2.54. The summed E-state index contributed by atoms with van der Waals surface area (Å²) in [5.41, 5.74) is 2.28. The van der Waals surface area contributed by atoms with E-state index in [0.29, 0.717) is 19.5 Å². The Labute approximate surface area is 137 Å². The highest BCUT2D eigenvalue weighted by atomic mass is 16.6. The molecule has 0 amide bonds. The normalized spacial score (nSPS) is 18.2. The Morgan fingerprint density at radius 2 is 1.96 bits per heavy atom. The minimum Gasteiger partial charge on any atom is -0.295 e. The number of rotatable bonds is 4. The number of nitro groups is 2. The molecule has 0 unspecified atom stereocenters. The van der Waals surface area contributed by atoms with Crippen molar-refractivity contribution in [3.05, 3.63) is 73.0 Å². The van der Waals surface area contributed by atoms with Crippen molar-refractivity contribution in [2.24, 2.45) is 0 Å². The molecule has 8 heteroatoms. The molecule has 0 fully saturated rings. The molecule has 1 aliphatic carbocycles. The molecule has 8 nitrogen and oxygen atoms in total. The summed E-state index contributed by atoms with van der Waals surface area (Å²) in [7, 11) is 0. The number of benzene rings is 1. The van der Waals surface area contributed by atoms with Gasteiger partial charge in [-0.2, -0.15) is 0 Å². The molecule has 0 N–H and O–H groups in total. The summed E-state index contributed by atoms with van der Waals surface area (Å²) in [6.45, 7) is 1.74. The predicted molar refractivity (Wildman–Crippen MR) is 84.7 cm³/mol. The third-order valence-electron chi connectivity index (χ3n) is 4.27. The molecular formula is C16H15N3O5. The molecule has 1 aromatic rings. The lowest BCUT2D eigenvalue weighted by atomic mass is 9.89. The smallest absolute Gasteiger partial charge is 0.295 e. The van der Waals surface area contributed by atoms with E-state index in [1.165, 1.54) is 18.2 Å². The van der Waals surface area contributed by atoms with E-state index in [-0.39, 0.29) is 17.8 Å². The minimum absolute atomic E-state index is 0.0446. The van der Waals surface area contributed by atoms with E-state index in [0.717, 1.165) is 23.3 Å². The molecule has 0 saturated carbocycles. The van der Waals surface area contributed by atoms with Gasteiger partial charge in [0, 0.05) is 44.3 Å². The van der Waals surface area contributed by atoms with Crippen LogP contribution in [-0.2, 0) is 11.3 Å². The molecule has 0 bridgehead atoms. The Hall–Kier alpha value is -2.87. The molecular weight excluding hydrogens is 314 g/mol. The summed E-state index contributed by atoms with van der Waals surface area (Å²) in [5, 5.41) is 21.8. The molecule has 1 heterocycles. The van der Waals surface area contributed by atoms with Gasteiger partial charge in [-0.3, -0.25) is 29.9 Å². The lowest BCUT2D eigenvalue weighted by molar-refractivity contribution is -0.419. The topological polar surface area (TPSA) is 107 Å². The van der Waals surface area contributed by atoms with Crippen molar-refractivity contribution in [1.29, 1.82) is 0 Å². The van der Waals surface area contributed by atoms with E-state index >= 15 is 0 Å². The molecule has 1 aliphatic heterocycles. The molecule has 24 heavy (non-hydrogen) atoms. The van der Waals surface area contributed by atoms with E-state index in [1.54, 1.807) is 6.07 Å². The zero-order valence-electron chi connectivity index (χ0n) is 12.8. The molecule has 1 aromatic carbocycles. The second-order valence-electron chi connectivity index (χ2n) is 5.90. The molecule has 0 saturated heterocycles. The Bertz CT molecular complexity index is 797. The van der Waals surface area contributed by atoms with Gasteiger partial charge in [0.05, 0.1) is 9.85 Å². The number of hydrogen-bond acceptors (Lipinski definition) is 6. The number of allylic oxidation sites excluding steroid dienone is 1. The summed E-state index contributed by atoms with van der Waals surface area (Å²) in [5.74, 6) is -0.439. The van der Waals surface area contributed by atoms with Crippen LogP contribution in [0.25, 0.3) is 0 Å². The lowest BCUT2D eigenvalue weighted by Gasteiger charge is -2.30. The Kier molecular flexibility index (Phi) is 4.22. The summed E-state index contributed by atoms with van der Waals surface area (Å²) in [6.07, 6.45) is 2.17. The number of ketones is 1. The van der Waals surface area contributed by atoms with Crippen LogP contribution in [0, 0.1) is 20.2 Å². The summed E-state index contributed by atoms with van der Waals surface area (Å²) in [4.78, 5) is 34.5. The third kappa shape index (κ3) is 3.23. The number of hydrogen-bond donors (Lipinski definition) is 0. The van der Waals surface area contributed by atoms with Gasteiger partial charge in [-0.25, -0.2) is 0 Å². The zero-order valence-corrected chi connectivity index (χ0v) is 12.8. The number of Topliss-reactive ketones (excluding diaryl/α,β-unsaturated/α-hetero) is 1. The Balaban J connectivity index is 1.76. The highest BCUT2D eigenvalue weighted by Crippen LogP contribution is 2.29. The van der Waals surface area contributed by atoms with Gasteiger partial charge in [-0.05, 0) is 17.6 Å². The van der Waals surface area contributed by atoms with Gasteiger partial charge >= 0.3 is 5.70 Å². The van der Waals surface area contributed by atoms with Crippen LogP contribution in [0.15, 0.2) is 47.2 Å². The van der Waals surface area contributed by atoms with Crippen molar-refractivity contribution in [3.63, 3.8) is 0 Å². The SMILES string of the molecule is O=C1CC2=C(C=C1[N+](=O)[O-])CN(Cc1cccc([N+](=O)[O-])c1)CC2. The molecule has 3 rings (SSSR count). The molecule has 124 valence electrons. The number of non-ortho nitro benzene ring substituents is 1. The summed E-state index contributed by atoms with van der Waals surface area (Å²) < 4.78 is 0. The van der Waals surface area contributed by atoms with Crippen molar-refractivity contribution in [2.75, 3.05) is 13.1 Å². The number of nitro benzene ring substituents is 1. The number of carbonyl (C=O) groups excluding carboxylic acids is 1. The van der Waals surface area contributed by atoms with Gasteiger partial charge < -0.3 is 0 Å². The van der Waals surface area contributed by atoms with E-state index in [4.69, 9.17) is 0 Å². The average molecular weight is 329 g/mol. The van der Waals surface area contributed by atoms with Crippen molar-refractivity contribution in [2.45, 2.75) is 19.4 Å². The van der Waals surface area contributed by atoms with Gasteiger partial charge in [0.2, 0.25) is 5.78 Å². The lowest BCUT2D eigenvalue weighted by Crippen LogP contribution is -2.33. The van der Waals surface area contributed by atoms with Crippen LogP contribution < -0.4 is 0 Å². The maximum atomic E-state index is 11.7. The fourth-order valence-corrected chi connectivity index (χ4v) is 3.08. The van der Waals surface area contributed by atoms with Gasteiger partial charge in [-0.1, -0.05) is 17.7 Å². The van der Waals surface area contributed by atoms with E-state index < -0.39 is 15.6 Å². The molecule has 0 spiro atoms. The minimum atomic E-state index is -0.633. The maximum Gasteiger partial charge on any atom is 0.312 e. The fourth-order valence-electron chi connectivity index (χ4n) is 3.08. The van der Waals surface area contributed by atoms with E-state index in [2.05, 4.69) is 4.90 Å². The van der Waals surface area contributed by atoms with Gasteiger partial charge in [0.1, 0.15) is 0 Å². The van der Waals surface area contributed by atoms with Crippen LogP contribution >= 0.6 is 0 Å². The van der Waals surface area contributed by atoms with Gasteiger partial charge in [0.25, 0.3) is 5.69 Å². The van der Waals surface area contributed by atoms with Gasteiger partial charge in [0.15, 0.2) is 0 Å². The highest BCUT2D eigenvalue weighted by Gasteiger charge is 2.31.